The second kappa shape index (κ2) is 12.5. The Balaban J connectivity index is 2.01. The normalized spacial score (nSPS) is 17.4. The van der Waals surface area contributed by atoms with Crippen LogP contribution in [0.1, 0.15) is 57.2 Å². The molecule has 1 heterocycles. The Hall–Kier alpha value is -3.19. The summed E-state index contributed by atoms with van der Waals surface area (Å²) in [7, 11) is 0. The molecule has 0 bridgehead atoms. The number of Topliss-reactive ketones (excluding diaryl/α,β-unsaturated/α-hetero) is 1. The van der Waals surface area contributed by atoms with E-state index < -0.39 is 23.5 Å². The smallest absolute Gasteiger partial charge is 0.295 e. The van der Waals surface area contributed by atoms with E-state index in [1.165, 1.54) is 29.2 Å². The molecule has 1 fully saturated rings. The quantitative estimate of drug-likeness (QED) is 0.196. The number of halogens is 1. The largest absolute Gasteiger partial charge is 0.507 e. The fourth-order valence-electron chi connectivity index (χ4n) is 4.33. The molecular weight excluding hydrogens is 447 g/mol. The molecule has 1 saturated heterocycles. The summed E-state index contributed by atoms with van der Waals surface area (Å²) < 4.78 is 19.3. The van der Waals surface area contributed by atoms with Gasteiger partial charge in [-0.15, -0.1) is 0 Å². The lowest BCUT2D eigenvalue weighted by atomic mass is 9.95. The molecule has 0 radical (unpaired) electrons. The van der Waals surface area contributed by atoms with E-state index in [1.807, 2.05) is 24.3 Å². The van der Waals surface area contributed by atoms with Crippen molar-refractivity contribution in [2.24, 2.45) is 0 Å². The van der Waals surface area contributed by atoms with Gasteiger partial charge in [0.2, 0.25) is 0 Å². The number of carbonyl (C=O) groups is 2. The number of hydrogen-bond acceptors (Lipinski definition) is 5. The van der Waals surface area contributed by atoms with Gasteiger partial charge in [0.1, 0.15) is 17.3 Å². The fourth-order valence-corrected chi connectivity index (χ4v) is 4.33. The lowest BCUT2D eigenvalue weighted by Crippen LogP contribution is -2.33. The van der Waals surface area contributed by atoms with Crippen LogP contribution < -0.4 is 4.74 Å². The molecule has 2 aromatic rings. The van der Waals surface area contributed by atoms with E-state index in [1.54, 1.807) is 0 Å². The average molecular weight is 483 g/mol. The third-order valence-electron chi connectivity index (χ3n) is 6.37. The number of ketones is 1. The van der Waals surface area contributed by atoms with Crippen LogP contribution in [0.15, 0.2) is 54.1 Å². The fraction of sp³-hybridized carbons (Fsp3) is 0.429. The highest BCUT2D eigenvalue weighted by atomic mass is 19.1. The van der Waals surface area contributed by atoms with Crippen molar-refractivity contribution in [1.82, 2.24) is 9.80 Å². The number of aliphatic hydroxyl groups excluding tert-OH is 1. The number of aliphatic hydroxyl groups is 1. The van der Waals surface area contributed by atoms with Crippen molar-refractivity contribution in [3.8, 4) is 5.75 Å². The number of nitrogens with zero attached hydrogens (tertiary/aromatic N) is 2. The van der Waals surface area contributed by atoms with Gasteiger partial charge in [-0.2, -0.15) is 0 Å². The SMILES string of the molecule is CCCCOc1cccc(C2/C(=C(\O)c3ccc(F)cc3)C(=O)C(=O)N2CCCN(CC)CC)c1. The monoisotopic (exact) mass is 482 g/mol. The maximum absolute atomic E-state index is 13.5. The van der Waals surface area contributed by atoms with Crippen LogP contribution in [0.3, 0.4) is 0 Å². The second-order valence-corrected chi connectivity index (χ2v) is 8.65. The van der Waals surface area contributed by atoms with E-state index >= 15 is 0 Å². The zero-order valence-electron chi connectivity index (χ0n) is 20.8. The van der Waals surface area contributed by atoms with Gasteiger partial charge in [-0.05, 0) is 74.4 Å². The van der Waals surface area contributed by atoms with Crippen molar-refractivity contribution in [2.45, 2.75) is 46.1 Å². The van der Waals surface area contributed by atoms with Crippen LogP contribution in [0.5, 0.6) is 5.75 Å². The van der Waals surface area contributed by atoms with E-state index in [-0.39, 0.29) is 16.9 Å². The summed E-state index contributed by atoms with van der Waals surface area (Å²) in [6.45, 7) is 9.79. The summed E-state index contributed by atoms with van der Waals surface area (Å²) in [5.41, 5.74) is 0.979. The minimum atomic E-state index is -0.758. The van der Waals surface area contributed by atoms with E-state index in [9.17, 15) is 19.1 Å². The van der Waals surface area contributed by atoms with E-state index in [0.29, 0.717) is 30.9 Å². The van der Waals surface area contributed by atoms with E-state index in [0.717, 1.165) is 32.5 Å². The van der Waals surface area contributed by atoms with Gasteiger partial charge in [-0.25, -0.2) is 4.39 Å². The lowest BCUT2D eigenvalue weighted by molar-refractivity contribution is -0.140. The van der Waals surface area contributed by atoms with E-state index in [4.69, 9.17) is 4.74 Å². The zero-order valence-corrected chi connectivity index (χ0v) is 20.8. The molecule has 7 heteroatoms. The molecule has 3 rings (SSSR count). The predicted octanol–water partition coefficient (Wildman–Crippen LogP) is 5.16. The molecule has 0 aliphatic carbocycles. The molecule has 1 atom stereocenters. The summed E-state index contributed by atoms with van der Waals surface area (Å²) in [5.74, 6) is -1.50. The number of benzene rings is 2. The Morgan fingerprint density at radius 1 is 1.06 bits per heavy atom. The van der Waals surface area contributed by atoms with Crippen molar-refractivity contribution in [1.29, 1.82) is 0 Å². The van der Waals surface area contributed by atoms with Crippen molar-refractivity contribution in [3.05, 3.63) is 71.0 Å². The van der Waals surface area contributed by atoms with Crippen LogP contribution in [0.2, 0.25) is 0 Å². The number of rotatable bonds is 12. The summed E-state index contributed by atoms with van der Waals surface area (Å²) in [6, 6.07) is 11.8. The Morgan fingerprint density at radius 3 is 2.43 bits per heavy atom. The van der Waals surface area contributed by atoms with Gasteiger partial charge in [0.25, 0.3) is 11.7 Å². The average Bonchev–Trinajstić information content (AvgIpc) is 3.12. The highest BCUT2D eigenvalue weighted by molar-refractivity contribution is 6.46. The highest BCUT2D eigenvalue weighted by Gasteiger charge is 2.45. The van der Waals surface area contributed by atoms with Gasteiger partial charge in [-0.3, -0.25) is 9.59 Å². The number of carbonyl (C=O) groups excluding carboxylic acids is 2. The number of amides is 1. The molecule has 35 heavy (non-hydrogen) atoms. The van der Waals surface area contributed by atoms with Gasteiger partial charge in [0.05, 0.1) is 18.2 Å². The summed E-state index contributed by atoms with van der Waals surface area (Å²) in [6.07, 6.45) is 2.61. The minimum Gasteiger partial charge on any atom is -0.507 e. The van der Waals surface area contributed by atoms with Gasteiger partial charge >= 0.3 is 0 Å². The summed E-state index contributed by atoms with van der Waals surface area (Å²) >= 11 is 0. The molecule has 1 amide bonds. The van der Waals surface area contributed by atoms with Gasteiger partial charge < -0.3 is 19.6 Å². The topological polar surface area (TPSA) is 70.1 Å². The molecule has 1 aliphatic heterocycles. The first kappa shape index (κ1) is 26.4. The zero-order chi connectivity index (χ0) is 25.4. The molecule has 0 spiro atoms. The third kappa shape index (κ3) is 6.28. The molecule has 188 valence electrons. The van der Waals surface area contributed by atoms with Crippen molar-refractivity contribution in [3.63, 3.8) is 0 Å². The van der Waals surface area contributed by atoms with Crippen LogP contribution >= 0.6 is 0 Å². The first-order valence-electron chi connectivity index (χ1n) is 12.4. The standard InChI is InChI=1S/C28H35FN2O4/c1-4-7-18-35-23-11-8-10-21(19-23)25-24(26(32)20-12-14-22(29)15-13-20)27(33)28(34)31(25)17-9-16-30(5-2)6-3/h8,10-15,19,25,32H,4-7,9,16-18H2,1-3H3/b26-24+. The minimum absolute atomic E-state index is 0.00940. The Bertz CT molecular complexity index is 1050. The number of likely N-dealkylation sites (tertiary alicyclic amines) is 1. The van der Waals surface area contributed by atoms with Crippen molar-refractivity contribution < 1.29 is 23.8 Å². The molecule has 0 aromatic heterocycles. The number of unbranched alkanes of at least 4 members (excludes halogenated alkanes) is 1. The maximum atomic E-state index is 13.5. The second-order valence-electron chi connectivity index (χ2n) is 8.65. The van der Waals surface area contributed by atoms with E-state index in [2.05, 4.69) is 25.7 Å². The van der Waals surface area contributed by atoms with Crippen LogP contribution in [0.4, 0.5) is 4.39 Å². The summed E-state index contributed by atoms with van der Waals surface area (Å²) in [4.78, 5) is 30.1. The van der Waals surface area contributed by atoms with Gasteiger partial charge in [0, 0.05) is 12.1 Å². The van der Waals surface area contributed by atoms with Crippen molar-refractivity contribution >= 4 is 17.4 Å². The Kier molecular flexibility index (Phi) is 9.43. The molecule has 6 nitrogen and oxygen atoms in total. The van der Waals surface area contributed by atoms with Gasteiger partial charge in [0.15, 0.2) is 0 Å². The molecule has 0 saturated carbocycles. The molecule has 1 N–H and O–H groups in total. The molecule has 2 aromatic carbocycles. The van der Waals surface area contributed by atoms with Crippen LogP contribution in [0.25, 0.3) is 5.76 Å². The molecule has 1 aliphatic rings. The maximum Gasteiger partial charge on any atom is 0.295 e. The highest BCUT2D eigenvalue weighted by Crippen LogP contribution is 2.40. The van der Waals surface area contributed by atoms with Crippen LogP contribution in [-0.4, -0.2) is 59.4 Å². The Morgan fingerprint density at radius 2 is 1.77 bits per heavy atom. The third-order valence-corrected chi connectivity index (χ3v) is 6.37. The summed E-state index contributed by atoms with van der Waals surface area (Å²) in [5, 5.41) is 11.1. The first-order chi connectivity index (χ1) is 16.9. The van der Waals surface area contributed by atoms with Crippen molar-refractivity contribution in [2.75, 3.05) is 32.8 Å². The number of ether oxygens (including phenoxy) is 1. The Labute approximate surface area is 207 Å². The van der Waals surface area contributed by atoms with Crippen LogP contribution in [-0.2, 0) is 9.59 Å². The first-order valence-corrected chi connectivity index (χ1v) is 12.4. The molecule has 1 unspecified atom stereocenters. The molecular formula is C28H35FN2O4. The lowest BCUT2D eigenvalue weighted by Gasteiger charge is -2.27. The van der Waals surface area contributed by atoms with Gasteiger partial charge in [-0.1, -0.05) is 39.3 Å². The predicted molar refractivity (Wildman–Crippen MR) is 135 cm³/mol. The van der Waals surface area contributed by atoms with Crippen LogP contribution in [0, 0.1) is 5.82 Å². The number of hydrogen-bond donors (Lipinski definition) is 1.